The SMILES string of the molecule is CCC1COC(C)(C)N1. The molecule has 1 N–H and O–H groups in total. The molecule has 0 aromatic rings. The lowest BCUT2D eigenvalue weighted by Crippen LogP contribution is -2.37. The van der Waals surface area contributed by atoms with E-state index < -0.39 is 0 Å². The third-order valence-corrected chi connectivity index (χ3v) is 1.69. The van der Waals surface area contributed by atoms with Gasteiger partial charge in [-0.05, 0) is 20.3 Å². The highest BCUT2D eigenvalue weighted by atomic mass is 16.5. The molecular weight excluding hydrogens is 114 g/mol. The fourth-order valence-electron chi connectivity index (χ4n) is 1.10. The van der Waals surface area contributed by atoms with E-state index in [-0.39, 0.29) is 5.72 Å². The number of ether oxygens (including phenoxy) is 1. The first-order valence-electron chi connectivity index (χ1n) is 3.56. The maximum absolute atomic E-state index is 5.43. The van der Waals surface area contributed by atoms with Gasteiger partial charge < -0.3 is 4.74 Å². The van der Waals surface area contributed by atoms with Crippen LogP contribution in [0.3, 0.4) is 0 Å². The van der Waals surface area contributed by atoms with Gasteiger partial charge in [0, 0.05) is 6.04 Å². The molecule has 0 aromatic carbocycles. The molecule has 0 bridgehead atoms. The lowest BCUT2D eigenvalue weighted by Gasteiger charge is -2.17. The van der Waals surface area contributed by atoms with E-state index in [0.717, 1.165) is 13.0 Å². The molecule has 1 rings (SSSR count). The minimum absolute atomic E-state index is 0.0827. The van der Waals surface area contributed by atoms with Crippen LogP contribution in [0.5, 0.6) is 0 Å². The van der Waals surface area contributed by atoms with Gasteiger partial charge in [0.1, 0.15) is 5.72 Å². The fraction of sp³-hybridized carbons (Fsp3) is 1.00. The summed E-state index contributed by atoms with van der Waals surface area (Å²) >= 11 is 0. The minimum Gasteiger partial charge on any atom is -0.360 e. The molecule has 0 amide bonds. The summed E-state index contributed by atoms with van der Waals surface area (Å²) in [6.45, 7) is 7.15. The fourth-order valence-corrected chi connectivity index (χ4v) is 1.10. The van der Waals surface area contributed by atoms with Crippen molar-refractivity contribution in [3.63, 3.8) is 0 Å². The summed E-state index contributed by atoms with van der Waals surface area (Å²) in [4.78, 5) is 0. The van der Waals surface area contributed by atoms with Gasteiger partial charge in [-0.25, -0.2) is 0 Å². The Morgan fingerprint density at radius 1 is 1.67 bits per heavy atom. The molecule has 0 radical (unpaired) electrons. The van der Waals surface area contributed by atoms with E-state index >= 15 is 0 Å². The minimum atomic E-state index is -0.0827. The van der Waals surface area contributed by atoms with Gasteiger partial charge in [0.15, 0.2) is 0 Å². The molecule has 2 heteroatoms. The van der Waals surface area contributed by atoms with E-state index in [2.05, 4.69) is 26.1 Å². The van der Waals surface area contributed by atoms with Crippen molar-refractivity contribution in [3.8, 4) is 0 Å². The molecule has 1 aliphatic rings. The van der Waals surface area contributed by atoms with Crippen LogP contribution in [0, 0.1) is 0 Å². The van der Waals surface area contributed by atoms with Crippen LogP contribution in [0.1, 0.15) is 27.2 Å². The molecule has 2 nitrogen and oxygen atoms in total. The maximum atomic E-state index is 5.43. The zero-order valence-corrected chi connectivity index (χ0v) is 6.40. The number of rotatable bonds is 1. The first kappa shape index (κ1) is 7.03. The van der Waals surface area contributed by atoms with Gasteiger partial charge in [-0.3, -0.25) is 5.32 Å². The van der Waals surface area contributed by atoms with Crippen LogP contribution in [0.4, 0.5) is 0 Å². The summed E-state index contributed by atoms with van der Waals surface area (Å²) in [5, 5.41) is 3.36. The largest absolute Gasteiger partial charge is 0.360 e. The number of hydrogen-bond acceptors (Lipinski definition) is 2. The van der Waals surface area contributed by atoms with Crippen LogP contribution in [0.15, 0.2) is 0 Å². The summed E-state index contributed by atoms with van der Waals surface area (Å²) in [5.74, 6) is 0. The van der Waals surface area contributed by atoms with E-state index in [4.69, 9.17) is 4.74 Å². The van der Waals surface area contributed by atoms with Gasteiger partial charge in [-0.1, -0.05) is 6.92 Å². The third-order valence-electron chi connectivity index (χ3n) is 1.69. The van der Waals surface area contributed by atoms with Gasteiger partial charge >= 0.3 is 0 Å². The Labute approximate surface area is 56.6 Å². The zero-order valence-electron chi connectivity index (χ0n) is 6.40. The second kappa shape index (κ2) is 2.27. The van der Waals surface area contributed by atoms with Gasteiger partial charge in [-0.15, -0.1) is 0 Å². The highest BCUT2D eigenvalue weighted by Crippen LogP contribution is 2.15. The van der Waals surface area contributed by atoms with Gasteiger partial charge in [0.05, 0.1) is 6.61 Å². The molecule has 1 saturated heterocycles. The monoisotopic (exact) mass is 129 g/mol. The lowest BCUT2D eigenvalue weighted by atomic mass is 10.2. The van der Waals surface area contributed by atoms with Crippen LogP contribution in [-0.4, -0.2) is 18.4 Å². The topological polar surface area (TPSA) is 21.3 Å². The van der Waals surface area contributed by atoms with Crippen LogP contribution in [0.25, 0.3) is 0 Å². The maximum Gasteiger partial charge on any atom is 0.113 e. The molecule has 0 aromatic heterocycles. The second-order valence-corrected chi connectivity index (χ2v) is 3.07. The molecule has 1 unspecified atom stereocenters. The summed E-state index contributed by atoms with van der Waals surface area (Å²) in [6.07, 6.45) is 1.16. The molecule has 54 valence electrons. The summed E-state index contributed by atoms with van der Waals surface area (Å²) in [7, 11) is 0. The molecule has 9 heavy (non-hydrogen) atoms. The summed E-state index contributed by atoms with van der Waals surface area (Å²) in [6, 6.07) is 0.569. The van der Waals surface area contributed by atoms with Crippen molar-refractivity contribution in [1.82, 2.24) is 5.32 Å². The Morgan fingerprint density at radius 2 is 2.33 bits per heavy atom. The quantitative estimate of drug-likeness (QED) is 0.573. The molecule has 1 heterocycles. The van der Waals surface area contributed by atoms with E-state index in [9.17, 15) is 0 Å². The smallest absolute Gasteiger partial charge is 0.113 e. The molecule has 0 aliphatic carbocycles. The second-order valence-electron chi connectivity index (χ2n) is 3.07. The third kappa shape index (κ3) is 1.66. The van der Waals surface area contributed by atoms with Gasteiger partial charge in [-0.2, -0.15) is 0 Å². The Morgan fingerprint density at radius 3 is 2.56 bits per heavy atom. The van der Waals surface area contributed by atoms with Crippen molar-refractivity contribution in [2.45, 2.75) is 39.0 Å². The molecule has 1 aliphatic heterocycles. The molecule has 1 atom stereocenters. The Balaban J connectivity index is 2.38. The Hall–Kier alpha value is -0.0800. The number of nitrogens with one attached hydrogen (secondary N) is 1. The Bertz CT molecular complexity index is 101. The lowest BCUT2D eigenvalue weighted by molar-refractivity contribution is 0.0231. The first-order valence-corrected chi connectivity index (χ1v) is 3.56. The standard InChI is InChI=1S/C7H15NO/c1-4-6-5-9-7(2,3)8-6/h6,8H,4-5H2,1-3H3. The van der Waals surface area contributed by atoms with Crippen LogP contribution in [-0.2, 0) is 4.74 Å². The predicted molar refractivity (Wildman–Crippen MR) is 37.2 cm³/mol. The van der Waals surface area contributed by atoms with Crippen molar-refractivity contribution in [2.75, 3.05) is 6.61 Å². The van der Waals surface area contributed by atoms with E-state index in [1.54, 1.807) is 0 Å². The summed E-state index contributed by atoms with van der Waals surface area (Å²) in [5.41, 5.74) is -0.0827. The molecule has 0 spiro atoms. The normalized spacial score (nSPS) is 33.0. The first-order chi connectivity index (χ1) is 4.14. The highest BCUT2D eigenvalue weighted by molar-refractivity contribution is 4.80. The van der Waals surface area contributed by atoms with Crippen molar-refractivity contribution in [1.29, 1.82) is 0 Å². The van der Waals surface area contributed by atoms with Crippen molar-refractivity contribution in [3.05, 3.63) is 0 Å². The average molecular weight is 129 g/mol. The molecular formula is C7H15NO. The zero-order chi connectivity index (χ0) is 6.91. The van der Waals surface area contributed by atoms with Gasteiger partial charge in [0.2, 0.25) is 0 Å². The van der Waals surface area contributed by atoms with Crippen molar-refractivity contribution >= 4 is 0 Å². The van der Waals surface area contributed by atoms with Crippen molar-refractivity contribution in [2.24, 2.45) is 0 Å². The molecule has 1 fully saturated rings. The number of hydrogen-bond donors (Lipinski definition) is 1. The van der Waals surface area contributed by atoms with Crippen LogP contribution < -0.4 is 5.32 Å². The van der Waals surface area contributed by atoms with Crippen LogP contribution >= 0.6 is 0 Å². The average Bonchev–Trinajstić information content (AvgIpc) is 2.10. The highest BCUT2D eigenvalue weighted by Gasteiger charge is 2.29. The van der Waals surface area contributed by atoms with E-state index in [1.807, 2.05) is 0 Å². The predicted octanol–water partition coefficient (Wildman–Crippen LogP) is 1.12. The van der Waals surface area contributed by atoms with E-state index in [0.29, 0.717) is 6.04 Å². The Kier molecular flexibility index (Phi) is 1.78. The summed E-state index contributed by atoms with van der Waals surface area (Å²) < 4.78 is 5.43. The van der Waals surface area contributed by atoms with Crippen LogP contribution in [0.2, 0.25) is 0 Å². The van der Waals surface area contributed by atoms with E-state index in [1.165, 1.54) is 0 Å². The molecule has 0 saturated carbocycles. The van der Waals surface area contributed by atoms with Gasteiger partial charge in [0.25, 0.3) is 0 Å². The van der Waals surface area contributed by atoms with Crippen molar-refractivity contribution < 1.29 is 4.74 Å².